The van der Waals surface area contributed by atoms with Crippen molar-refractivity contribution in [1.29, 1.82) is 0 Å². The monoisotopic (exact) mass is 605 g/mol. The maximum Gasteiger partial charge on any atom is 0.490 e. The van der Waals surface area contributed by atoms with Gasteiger partial charge in [-0.1, -0.05) is 97.1 Å². The van der Waals surface area contributed by atoms with Gasteiger partial charge in [0.1, 0.15) is 0 Å². The summed E-state index contributed by atoms with van der Waals surface area (Å²) in [7, 11) is 4.08. The largest absolute Gasteiger partial charge is 0.490 e. The first-order valence-electron chi connectivity index (χ1n) is 14.3. The fourth-order valence-corrected chi connectivity index (χ4v) is 4.39. The SMILES string of the molecule is CN(C)CCN(Cc1ccccc1-c1ccc(CNCCc2ccccc2)cc1)C(=O)c1ccccc1.O=C(O)C(F)(F)F. The molecule has 0 spiro atoms. The smallest absolute Gasteiger partial charge is 0.475 e. The highest BCUT2D eigenvalue weighted by molar-refractivity contribution is 5.94. The van der Waals surface area contributed by atoms with Gasteiger partial charge in [0.05, 0.1) is 0 Å². The Labute approximate surface area is 256 Å². The third-order valence-corrected chi connectivity index (χ3v) is 6.77. The molecule has 0 saturated carbocycles. The standard InChI is InChI=1S/C33H37N3O.C2HF3O2/c1-35(2)23-24-36(33(37)30-13-7-4-8-14-30)26-31-15-9-10-16-32(31)29-19-17-28(18-20-29)25-34-22-21-27-11-5-3-6-12-27;3-2(4,5)1(6)7/h3-20,34H,21-26H2,1-2H3;(H,6,7). The number of benzene rings is 4. The molecule has 44 heavy (non-hydrogen) atoms. The highest BCUT2D eigenvalue weighted by atomic mass is 19.4. The lowest BCUT2D eigenvalue weighted by Crippen LogP contribution is -2.36. The Kier molecular flexibility index (Phi) is 13.1. The molecule has 0 radical (unpaired) electrons. The number of nitrogens with zero attached hydrogens (tertiary/aromatic N) is 2. The molecule has 0 aromatic heterocycles. The van der Waals surface area contributed by atoms with Crippen molar-refractivity contribution in [2.75, 3.05) is 33.7 Å². The van der Waals surface area contributed by atoms with Crippen molar-refractivity contribution in [3.8, 4) is 11.1 Å². The fourth-order valence-electron chi connectivity index (χ4n) is 4.39. The minimum Gasteiger partial charge on any atom is -0.475 e. The van der Waals surface area contributed by atoms with E-state index in [1.807, 2.05) is 49.3 Å². The molecule has 0 saturated heterocycles. The Morgan fingerprint density at radius 3 is 1.91 bits per heavy atom. The molecule has 0 fully saturated rings. The van der Waals surface area contributed by atoms with Gasteiger partial charge in [-0.2, -0.15) is 13.2 Å². The molecule has 9 heteroatoms. The van der Waals surface area contributed by atoms with Crippen molar-refractivity contribution in [1.82, 2.24) is 15.1 Å². The molecule has 1 amide bonds. The Bertz CT molecular complexity index is 1450. The van der Waals surface area contributed by atoms with Crippen LogP contribution in [0.3, 0.4) is 0 Å². The molecular weight excluding hydrogens is 567 g/mol. The van der Waals surface area contributed by atoms with Crippen LogP contribution >= 0.6 is 0 Å². The number of aliphatic carboxylic acids is 1. The van der Waals surface area contributed by atoms with Crippen LogP contribution in [0.1, 0.15) is 27.0 Å². The first-order chi connectivity index (χ1) is 21.0. The van der Waals surface area contributed by atoms with Crippen molar-refractivity contribution in [3.05, 3.63) is 131 Å². The molecule has 0 aliphatic carbocycles. The van der Waals surface area contributed by atoms with Crippen LogP contribution in [-0.2, 0) is 24.3 Å². The van der Waals surface area contributed by atoms with Gasteiger partial charge in [-0.25, -0.2) is 4.79 Å². The number of amides is 1. The van der Waals surface area contributed by atoms with E-state index < -0.39 is 12.1 Å². The number of carbonyl (C=O) groups is 2. The van der Waals surface area contributed by atoms with Crippen LogP contribution < -0.4 is 5.32 Å². The molecule has 0 bridgehead atoms. The van der Waals surface area contributed by atoms with Gasteiger partial charge < -0.3 is 20.2 Å². The van der Waals surface area contributed by atoms with Crippen LogP contribution in [0.15, 0.2) is 109 Å². The van der Waals surface area contributed by atoms with E-state index >= 15 is 0 Å². The number of nitrogens with one attached hydrogen (secondary N) is 1. The number of carbonyl (C=O) groups excluding carboxylic acids is 1. The normalized spacial score (nSPS) is 11.0. The number of hydrogen-bond acceptors (Lipinski definition) is 4. The Morgan fingerprint density at radius 1 is 0.750 bits per heavy atom. The van der Waals surface area contributed by atoms with Crippen molar-refractivity contribution in [3.63, 3.8) is 0 Å². The van der Waals surface area contributed by atoms with Crippen molar-refractivity contribution in [2.45, 2.75) is 25.7 Å². The predicted molar refractivity (Wildman–Crippen MR) is 167 cm³/mol. The lowest BCUT2D eigenvalue weighted by atomic mass is 9.98. The highest BCUT2D eigenvalue weighted by Gasteiger charge is 2.38. The van der Waals surface area contributed by atoms with Crippen LogP contribution in [0.25, 0.3) is 11.1 Å². The van der Waals surface area contributed by atoms with E-state index in [-0.39, 0.29) is 5.91 Å². The predicted octanol–water partition coefficient (Wildman–Crippen LogP) is 6.52. The van der Waals surface area contributed by atoms with Crippen molar-refractivity contribution < 1.29 is 27.9 Å². The molecule has 0 heterocycles. The summed E-state index contributed by atoms with van der Waals surface area (Å²) in [6.45, 7) is 3.85. The summed E-state index contributed by atoms with van der Waals surface area (Å²) in [6.07, 6.45) is -4.06. The third kappa shape index (κ3) is 11.3. The molecule has 0 aliphatic heterocycles. The minimum atomic E-state index is -5.08. The minimum absolute atomic E-state index is 0.0641. The molecule has 6 nitrogen and oxygen atoms in total. The number of rotatable bonds is 12. The van der Waals surface area contributed by atoms with E-state index in [9.17, 15) is 18.0 Å². The van der Waals surface area contributed by atoms with Gasteiger partial charge in [0.2, 0.25) is 0 Å². The number of halogens is 3. The highest BCUT2D eigenvalue weighted by Crippen LogP contribution is 2.26. The zero-order chi connectivity index (χ0) is 32.0. The molecule has 0 unspecified atom stereocenters. The van der Waals surface area contributed by atoms with Gasteiger partial charge in [0.15, 0.2) is 0 Å². The molecule has 232 valence electrons. The first kappa shape index (κ1) is 34.0. The van der Waals surface area contributed by atoms with Gasteiger partial charge in [-0.15, -0.1) is 0 Å². The summed E-state index contributed by atoms with van der Waals surface area (Å²) >= 11 is 0. The zero-order valence-electron chi connectivity index (χ0n) is 24.9. The summed E-state index contributed by atoms with van der Waals surface area (Å²) in [5.74, 6) is -2.69. The number of likely N-dealkylation sites (N-methyl/N-ethyl adjacent to an activating group) is 1. The Hall–Kier alpha value is -4.47. The average Bonchev–Trinajstić information content (AvgIpc) is 3.02. The Balaban J connectivity index is 0.000000676. The van der Waals surface area contributed by atoms with Crippen LogP contribution in [0, 0.1) is 0 Å². The summed E-state index contributed by atoms with van der Waals surface area (Å²) in [5.41, 5.74) is 6.83. The topological polar surface area (TPSA) is 72.9 Å². The summed E-state index contributed by atoms with van der Waals surface area (Å²) in [5, 5.41) is 10.7. The Morgan fingerprint density at radius 2 is 1.32 bits per heavy atom. The van der Waals surface area contributed by atoms with Crippen LogP contribution in [-0.4, -0.2) is 66.7 Å². The quantitative estimate of drug-likeness (QED) is 0.180. The van der Waals surface area contributed by atoms with E-state index in [4.69, 9.17) is 9.90 Å². The van der Waals surface area contributed by atoms with E-state index in [1.165, 1.54) is 22.3 Å². The zero-order valence-corrected chi connectivity index (χ0v) is 24.9. The maximum absolute atomic E-state index is 13.4. The maximum atomic E-state index is 13.4. The molecule has 0 atom stereocenters. The molecule has 4 rings (SSSR count). The van der Waals surface area contributed by atoms with Gasteiger partial charge >= 0.3 is 12.1 Å². The fraction of sp³-hybridized carbons (Fsp3) is 0.257. The van der Waals surface area contributed by atoms with Crippen molar-refractivity contribution >= 4 is 11.9 Å². The van der Waals surface area contributed by atoms with Crippen LogP contribution in [0.4, 0.5) is 13.2 Å². The van der Waals surface area contributed by atoms with Gasteiger partial charge in [-0.05, 0) is 67.0 Å². The first-order valence-corrected chi connectivity index (χ1v) is 14.3. The molecule has 4 aromatic rings. The van der Waals surface area contributed by atoms with E-state index in [2.05, 4.69) is 89.1 Å². The van der Waals surface area contributed by atoms with Gasteiger partial charge in [-0.3, -0.25) is 4.79 Å². The van der Waals surface area contributed by atoms with Gasteiger partial charge in [0.25, 0.3) is 5.91 Å². The lowest BCUT2D eigenvalue weighted by Gasteiger charge is -2.26. The summed E-state index contributed by atoms with van der Waals surface area (Å²) in [6, 6.07) is 37.3. The van der Waals surface area contributed by atoms with E-state index in [0.717, 1.165) is 37.2 Å². The summed E-state index contributed by atoms with van der Waals surface area (Å²) < 4.78 is 31.7. The number of carboxylic acid groups (broad SMARTS) is 1. The molecular formula is C35H38F3N3O3. The lowest BCUT2D eigenvalue weighted by molar-refractivity contribution is -0.192. The average molecular weight is 606 g/mol. The molecule has 2 N–H and O–H groups in total. The van der Waals surface area contributed by atoms with Crippen LogP contribution in [0.5, 0.6) is 0 Å². The van der Waals surface area contributed by atoms with Gasteiger partial charge in [0, 0.05) is 31.7 Å². The summed E-state index contributed by atoms with van der Waals surface area (Å²) in [4.78, 5) is 26.3. The molecule has 4 aromatic carbocycles. The number of hydrogen-bond donors (Lipinski definition) is 2. The second-order valence-electron chi connectivity index (χ2n) is 10.5. The number of alkyl halides is 3. The van der Waals surface area contributed by atoms with E-state index in [0.29, 0.717) is 13.1 Å². The van der Waals surface area contributed by atoms with Crippen molar-refractivity contribution in [2.24, 2.45) is 0 Å². The van der Waals surface area contributed by atoms with E-state index in [1.54, 1.807) is 0 Å². The second-order valence-corrected chi connectivity index (χ2v) is 10.5. The third-order valence-electron chi connectivity index (χ3n) is 6.77. The second kappa shape index (κ2) is 17.0. The molecule has 0 aliphatic rings. The van der Waals surface area contributed by atoms with Crippen LogP contribution in [0.2, 0.25) is 0 Å². The number of carboxylic acids is 1.